The van der Waals surface area contributed by atoms with Gasteiger partial charge >= 0.3 is 7.12 Å². The lowest BCUT2D eigenvalue weighted by atomic mass is 9.81. The third-order valence-electron chi connectivity index (χ3n) is 4.76. The van der Waals surface area contributed by atoms with Gasteiger partial charge in [0.05, 0.1) is 22.4 Å². The van der Waals surface area contributed by atoms with E-state index in [0.717, 1.165) is 28.4 Å². The maximum Gasteiger partial charge on any atom is 0.490 e. The number of imidazole rings is 1. The summed E-state index contributed by atoms with van der Waals surface area (Å²) >= 11 is 0. The smallest absolute Gasteiger partial charge is 0.423 e. The molecule has 0 bridgehead atoms. The van der Waals surface area contributed by atoms with E-state index in [1.807, 2.05) is 66.1 Å². The lowest BCUT2D eigenvalue weighted by Crippen LogP contribution is -2.30. The van der Waals surface area contributed by atoms with Gasteiger partial charge in [0.25, 0.3) is 0 Å². The highest BCUT2D eigenvalue weighted by molar-refractivity contribution is 6.58. The molecular weight excluding hydrogens is 365 g/mol. The van der Waals surface area contributed by atoms with E-state index < -0.39 is 7.12 Å². The molecule has 0 amide bonds. The van der Waals surface area contributed by atoms with Crippen molar-refractivity contribution in [1.29, 1.82) is 0 Å². The standard InChI is InChI=1S/C21H16BN5O2/c1-13-5-4-6-16(24-13)20-21(27-10-3-2-7-19(27)26-20)17-9-8-15-18(25-17)11-14(12-23-15)22(28)29/h2-12,28-29H,1H3. The Morgan fingerprint density at radius 2 is 1.76 bits per heavy atom. The molecule has 140 valence electrons. The van der Waals surface area contributed by atoms with Gasteiger partial charge in [0.15, 0.2) is 0 Å². The first-order chi connectivity index (χ1) is 14.1. The van der Waals surface area contributed by atoms with Crippen molar-refractivity contribution in [2.45, 2.75) is 6.92 Å². The molecule has 0 aromatic carbocycles. The van der Waals surface area contributed by atoms with Crippen LogP contribution in [0.25, 0.3) is 39.5 Å². The minimum Gasteiger partial charge on any atom is -0.423 e. The van der Waals surface area contributed by atoms with Crippen molar-refractivity contribution < 1.29 is 10.0 Å². The fourth-order valence-corrected chi connectivity index (χ4v) is 3.39. The highest BCUT2D eigenvalue weighted by Crippen LogP contribution is 2.31. The molecule has 0 saturated heterocycles. The number of hydrogen-bond donors (Lipinski definition) is 2. The first-order valence-corrected chi connectivity index (χ1v) is 9.14. The van der Waals surface area contributed by atoms with E-state index in [0.29, 0.717) is 22.2 Å². The van der Waals surface area contributed by atoms with Gasteiger partial charge in [-0.2, -0.15) is 0 Å². The monoisotopic (exact) mass is 381 g/mol. The molecular formula is C21H16BN5O2. The van der Waals surface area contributed by atoms with Gasteiger partial charge in [-0.25, -0.2) is 9.97 Å². The maximum absolute atomic E-state index is 9.46. The molecule has 5 rings (SSSR count). The third-order valence-corrected chi connectivity index (χ3v) is 4.76. The highest BCUT2D eigenvalue weighted by atomic mass is 16.4. The molecule has 0 radical (unpaired) electrons. The van der Waals surface area contributed by atoms with Gasteiger partial charge in [-0.3, -0.25) is 14.4 Å². The summed E-state index contributed by atoms with van der Waals surface area (Å²) in [5.41, 5.74) is 6.24. The number of aromatic nitrogens is 5. The second-order valence-electron chi connectivity index (χ2n) is 6.78. The number of pyridine rings is 4. The third kappa shape index (κ3) is 3.04. The molecule has 7 nitrogen and oxygen atoms in total. The minimum atomic E-state index is -1.60. The van der Waals surface area contributed by atoms with E-state index in [9.17, 15) is 10.0 Å². The summed E-state index contributed by atoms with van der Waals surface area (Å²) in [5, 5.41) is 18.9. The Morgan fingerprint density at radius 1 is 0.862 bits per heavy atom. The maximum atomic E-state index is 9.46. The van der Waals surface area contributed by atoms with Crippen molar-refractivity contribution >= 4 is 29.3 Å². The minimum absolute atomic E-state index is 0.292. The van der Waals surface area contributed by atoms with Crippen LogP contribution in [0.2, 0.25) is 0 Å². The van der Waals surface area contributed by atoms with E-state index in [1.54, 1.807) is 6.07 Å². The molecule has 0 saturated carbocycles. The predicted molar refractivity (Wildman–Crippen MR) is 112 cm³/mol. The average Bonchev–Trinajstić information content (AvgIpc) is 3.12. The molecule has 0 aliphatic carbocycles. The molecule has 0 aliphatic rings. The topological polar surface area (TPSA) is 96.4 Å². The molecule has 8 heteroatoms. The molecule has 0 unspecified atom stereocenters. The van der Waals surface area contributed by atoms with Crippen molar-refractivity contribution in [2.75, 3.05) is 0 Å². The Morgan fingerprint density at radius 3 is 2.59 bits per heavy atom. The van der Waals surface area contributed by atoms with E-state index in [-0.39, 0.29) is 0 Å². The van der Waals surface area contributed by atoms with E-state index >= 15 is 0 Å². The van der Waals surface area contributed by atoms with E-state index in [4.69, 9.17) is 9.97 Å². The van der Waals surface area contributed by atoms with E-state index in [1.165, 1.54) is 6.20 Å². The zero-order valence-corrected chi connectivity index (χ0v) is 15.6. The number of hydrogen-bond acceptors (Lipinski definition) is 6. The normalized spacial score (nSPS) is 11.3. The van der Waals surface area contributed by atoms with Gasteiger partial charge in [0, 0.05) is 23.6 Å². The zero-order valence-electron chi connectivity index (χ0n) is 15.6. The SMILES string of the molecule is Cc1cccc(-c2nc3ccccn3c2-c2ccc3ncc(B(O)O)cc3n2)n1. The molecule has 5 aromatic rings. The summed E-state index contributed by atoms with van der Waals surface area (Å²) in [6.45, 7) is 1.95. The fourth-order valence-electron chi connectivity index (χ4n) is 3.39. The Balaban J connectivity index is 1.79. The highest BCUT2D eigenvalue weighted by Gasteiger charge is 2.19. The Bertz CT molecular complexity index is 1370. The summed E-state index contributed by atoms with van der Waals surface area (Å²) < 4.78 is 1.98. The van der Waals surface area contributed by atoms with Gasteiger partial charge in [-0.05, 0) is 49.4 Å². The van der Waals surface area contributed by atoms with Crippen LogP contribution in [0.4, 0.5) is 0 Å². The lowest BCUT2D eigenvalue weighted by molar-refractivity contribution is 0.425. The first-order valence-electron chi connectivity index (χ1n) is 9.14. The molecule has 0 aliphatic heterocycles. The second-order valence-corrected chi connectivity index (χ2v) is 6.78. The average molecular weight is 381 g/mol. The molecule has 0 atom stereocenters. The Hall–Kier alpha value is -3.62. The summed E-state index contributed by atoms with van der Waals surface area (Å²) in [6.07, 6.45) is 3.37. The van der Waals surface area contributed by atoms with Crippen LogP contribution in [-0.4, -0.2) is 41.5 Å². The number of aryl methyl sites for hydroxylation is 1. The van der Waals surface area contributed by atoms with Crippen LogP contribution in [0.3, 0.4) is 0 Å². The van der Waals surface area contributed by atoms with Gasteiger partial charge in [0.1, 0.15) is 17.0 Å². The Kier molecular flexibility index (Phi) is 4.08. The van der Waals surface area contributed by atoms with Gasteiger partial charge < -0.3 is 10.0 Å². The van der Waals surface area contributed by atoms with Crippen molar-refractivity contribution in [3.8, 4) is 22.8 Å². The summed E-state index contributed by atoms with van der Waals surface area (Å²) in [7, 11) is -1.60. The van der Waals surface area contributed by atoms with Gasteiger partial charge in [0.2, 0.25) is 0 Å². The van der Waals surface area contributed by atoms with Crippen molar-refractivity contribution in [3.05, 3.63) is 72.7 Å². The fraction of sp³-hybridized carbons (Fsp3) is 0.0476. The lowest BCUT2D eigenvalue weighted by Gasteiger charge is -2.07. The van der Waals surface area contributed by atoms with Crippen LogP contribution in [-0.2, 0) is 0 Å². The first kappa shape index (κ1) is 17.5. The second kappa shape index (κ2) is 6.77. The van der Waals surface area contributed by atoms with Crippen molar-refractivity contribution in [2.24, 2.45) is 0 Å². The van der Waals surface area contributed by atoms with Crippen LogP contribution >= 0.6 is 0 Å². The van der Waals surface area contributed by atoms with Crippen LogP contribution in [0.5, 0.6) is 0 Å². The zero-order chi connectivity index (χ0) is 20.0. The van der Waals surface area contributed by atoms with E-state index in [2.05, 4.69) is 9.97 Å². The number of fused-ring (bicyclic) bond motifs is 2. The molecule has 0 fully saturated rings. The molecule has 5 heterocycles. The largest absolute Gasteiger partial charge is 0.490 e. The summed E-state index contributed by atoms with van der Waals surface area (Å²) in [4.78, 5) is 18.4. The summed E-state index contributed by atoms with van der Waals surface area (Å²) in [6, 6.07) is 17.0. The van der Waals surface area contributed by atoms with Crippen molar-refractivity contribution in [3.63, 3.8) is 0 Å². The molecule has 0 spiro atoms. The van der Waals surface area contributed by atoms with Crippen LogP contribution in [0.15, 0.2) is 67.0 Å². The van der Waals surface area contributed by atoms with Crippen molar-refractivity contribution in [1.82, 2.24) is 24.3 Å². The van der Waals surface area contributed by atoms with Gasteiger partial charge in [-0.15, -0.1) is 0 Å². The molecule has 29 heavy (non-hydrogen) atoms. The summed E-state index contributed by atoms with van der Waals surface area (Å²) in [5.74, 6) is 0. The van der Waals surface area contributed by atoms with Gasteiger partial charge in [-0.1, -0.05) is 12.1 Å². The molecule has 2 N–H and O–H groups in total. The predicted octanol–water partition coefficient (Wildman–Crippen LogP) is 1.99. The van der Waals surface area contributed by atoms with Crippen LogP contribution in [0.1, 0.15) is 5.69 Å². The number of nitrogens with zero attached hydrogens (tertiary/aromatic N) is 5. The van der Waals surface area contributed by atoms with Crippen LogP contribution in [0, 0.1) is 6.92 Å². The number of rotatable bonds is 3. The van der Waals surface area contributed by atoms with Crippen LogP contribution < -0.4 is 5.46 Å². The molecule has 5 aromatic heterocycles. The quantitative estimate of drug-likeness (QED) is 0.464. The Labute approximate surface area is 166 Å².